The summed E-state index contributed by atoms with van der Waals surface area (Å²) in [5.41, 5.74) is 8.66. The monoisotopic (exact) mass is 570 g/mol. The average molecular weight is 571 g/mol. The zero-order valence-corrected chi connectivity index (χ0v) is 24.0. The largest absolute Gasteiger partial charge is 0.295 e. The summed E-state index contributed by atoms with van der Waals surface area (Å²) in [6, 6.07) is 49.1. The molecular weight excluding hydrogens is 549 g/mol. The van der Waals surface area contributed by atoms with Gasteiger partial charge >= 0.3 is 0 Å². The van der Waals surface area contributed by atoms with Gasteiger partial charge in [-0.15, -0.1) is 11.3 Å². The highest BCUT2D eigenvalue weighted by Gasteiger charge is 2.28. The van der Waals surface area contributed by atoms with E-state index in [0.29, 0.717) is 0 Å². The summed E-state index contributed by atoms with van der Waals surface area (Å²) in [5, 5.41) is 6.58. The van der Waals surface area contributed by atoms with Gasteiger partial charge in [0.15, 0.2) is 0 Å². The van der Waals surface area contributed by atoms with Crippen LogP contribution in [-0.4, -0.2) is 9.13 Å². The summed E-state index contributed by atoms with van der Waals surface area (Å²) >= 11 is 3.75. The molecule has 0 saturated carbocycles. The Morgan fingerprint density at radius 1 is 0.476 bits per heavy atom. The zero-order valence-electron chi connectivity index (χ0n) is 22.4. The van der Waals surface area contributed by atoms with Gasteiger partial charge in [-0.3, -0.25) is 9.13 Å². The molecule has 1 aliphatic heterocycles. The van der Waals surface area contributed by atoms with E-state index >= 15 is 0 Å². The first-order valence-corrected chi connectivity index (χ1v) is 15.8. The van der Waals surface area contributed by atoms with Crippen molar-refractivity contribution in [2.75, 3.05) is 0 Å². The lowest BCUT2D eigenvalue weighted by molar-refractivity contribution is 1.03. The van der Waals surface area contributed by atoms with Crippen molar-refractivity contribution in [2.45, 2.75) is 9.79 Å². The maximum atomic E-state index is 2.53. The fourth-order valence-corrected chi connectivity index (χ4v) is 9.06. The van der Waals surface area contributed by atoms with Crippen molar-refractivity contribution in [3.63, 3.8) is 0 Å². The van der Waals surface area contributed by atoms with E-state index in [2.05, 4.69) is 143 Å². The lowest BCUT2D eigenvalue weighted by Gasteiger charge is -2.22. The van der Waals surface area contributed by atoms with Gasteiger partial charge in [0.2, 0.25) is 0 Å². The molecule has 0 amide bonds. The molecule has 0 aliphatic carbocycles. The number of fused-ring (bicyclic) bond motifs is 10. The minimum Gasteiger partial charge on any atom is -0.295 e. The molecule has 42 heavy (non-hydrogen) atoms. The molecule has 2 nitrogen and oxygen atoms in total. The van der Waals surface area contributed by atoms with Crippen LogP contribution in [0.1, 0.15) is 0 Å². The first kappa shape index (κ1) is 22.9. The maximum absolute atomic E-state index is 2.53. The molecule has 0 unspecified atom stereocenters. The van der Waals surface area contributed by atoms with Gasteiger partial charge in [-0.1, -0.05) is 90.6 Å². The van der Waals surface area contributed by atoms with Crippen molar-refractivity contribution in [1.29, 1.82) is 0 Å². The Morgan fingerprint density at radius 3 is 2.14 bits per heavy atom. The average Bonchev–Trinajstić information content (AvgIpc) is 3.70. The van der Waals surface area contributed by atoms with Crippen LogP contribution in [0.2, 0.25) is 0 Å². The lowest BCUT2D eigenvalue weighted by atomic mass is 10.0. The highest BCUT2D eigenvalue weighted by atomic mass is 32.2. The normalized spacial score (nSPS) is 12.7. The van der Waals surface area contributed by atoms with Crippen molar-refractivity contribution in [3.05, 3.63) is 133 Å². The SMILES string of the molecule is c1ccc(-n2c3ccccc3c3c4cccc5c4n(c32)-c2cc(-c3ccc4sc6ccccc6c4c3)ccc2S5)cc1. The van der Waals surface area contributed by atoms with E-state index in [9.17, 15) is 0 Å². The highest BCUT2D eigenvalue weighted by Crippen LogP contribution is 2.50. The molecule has 9 aromatic rings. The standard InChI is InChI=1S/C38H22N2S2/c1-2-9-25(10-3-1)39-30-14-6-4-12-27(30)36-28-13-8-16-35-37(28)40(38(36)39)31-22-24(18-20-34(31)42-35)23-17-19-33-29(21-23)26-11-5-7-15-32(26)41-33/h1-22H. The van der Waals surface area contributed by atoms with Crippen molar-refractivity contribution < 1.29 is 0 Å². The first-order valence-electron chi connectivity index (χ1n) is 14.2. The maximum Gasteiger partial charge on any atom is 0.131 e. The molecule has 0 radical (unpaired) electrons. The molecule has 0 atom stereocenters. The lowest BCUT2D eigenvalue weighted by Crippen LogP contribution is -2.06. The van der Waals surface area contributed by atoms with Crippen molar-refractivity contribution in [3.8, 4) is 22.5 Å². The van der Waals surface area contributed by atoms with Crippen LogP contribution in [0.3, 0.4) is 0 Å². The van der Waals surface area contributed by atoms with Gasteiger partial charge in [0.05, 0.1) is 16.7 Å². The van der Waals surface area contributed by atoms with Crippen LogP contribution in [0.4, 0.5) is 0 Å². The van der Waals surface area contributed by atoms with E-state index in [1.54, 1.807) is 0 Å². The van der Waals surface area contributed by atoms with Crippen LogP contribution in [-0.2, 0) is 0 Å². The van der Waals surface area contributed by atoms with Crippen LogP contribution in [0.25, 0.3) is 75.5 Å². The third-order valence-corrected chi connectivity index (χ3v) is 11.0. The minimum atomic E-state index is 1.18. The predicted molar refractivity (Wildman–Crippen MR) is 180 cm³/mol. The van der Waals surface area contributed by atoms with Crippen LogP contribution in [0.5, 0.6) is 0 Å². The fourth-order valence-electron chi connectivity index (χ4n) is 6.90. The molecule has 0 spiro atoms. The van der Waals surface area contributed by atoms with Gasteiger partial charge in [-0.05, 0) is 65.7 Å². The molecule has 4 heterocycles. The summed E-state index contributed by atoms with van der Waals surface area (Å²) in [4.78, 5) is 2.59. The van der Waals surface area contributed by atoms with E-state index in [-0.39, 0.29) is 0 Å². The molecule has 6 aromatic carbocycles. The summed E-state index contributed by atoms with van der Waals surface area (Å²) in [6.07, 6.45) is 0. The molecule has 1 aliphatic rings. The van der Waals surface area contributed by atoms with Gasteiger partial charge in [0.1, 0.15) is 5.65 Å². The number of nitrogens with zero attached hydrogens (tertiary/aromatic N) is 2. The Bertz CT molecular complexity index is 2550. The second-order valence-corrected chi connectivity index (χ2v) is 13.1. The van der Waals surface area contributed by atoms with Crippen molar-refractivity contribution in [2.24, 2.45) is 0 Å². The Hall–Kier alpha value is -4.77. The number of hydrogen-bond acceptors (Lipinski definition) is 2. The van der Waals surface area contributed by atoms with Gasteiger partial charge < -0.3 is 0 Å². The molecule has 3 aromatic heterocycles. The predicted octanol–water partition coefficient (Wildman–Crippen LogP) is 11.2. The smallest absolute Gasteiger partial charge is 0.131 e. The fraction of sp³-hybridized carbons (Fsp3) is 0. The molecule has 0 N–H and O–H groups in total. The van der Waals surface area contributed by atoms with Gasteiger partial charge in [-0.2, -0.15) is 0 Å². The summed E-state index contributed by atoms with van der Waals surface area (Å²) in [5.74, 6) is 0. The summed E-state index contributed by atoms with van der Waals surface area (Å²) < 4.78 is 7.66. The Labute approximate surface area is 250 Å². The number of hydrogen-bond donors (Lipinski definition) is 0. The second kappa shape index (κ2) is 8.39. The number of para-hydroxylation sites is 3. The number of benzene rings is 6. The van der Waals surface area contributed by atoms with Crippen LogP contribution in [0.15, 0.2) is 143 Å². The van der Waals surface area contributed by atoms with E-state index in [1.807, 2.05) is 23.1 Å². The third-order valence-electron chi connectivity index (χ3n) is 8.70. The summed E-state index contributed by atoms with van der Waals surface area (Å²) in [7, 11) is 0. The molecule has 0 fully saturated rings. The van der Waals surface area contributed by atoms with Gasteiger partial charge in [-0.25, -0.2) is 0 Å². The first-order chi connectivity index (χ1) is 20.8. The molecule has 0 saturated heterocycles. The molecule has 4 heteroatoms. The minimum absolute atomic E-state index is 1.18. The molecule has 10 rings (SSSR count). The van der Waals surface area contributed by atoms with Crippen LogP contribution in [0, 0.1) is 0 Å². The van der Waals surface area contributed by atoms with E-state index in [4.69, 9.17) is 0 Å². The number of rotatable bonds is 2. The summed E-state index contributed by atoms with van der Waals surface area (Å²) in [6.45, 7) is 0. The molecule has 196 valence electrons. The van der Waals surface area contributed by atoms with Crippen molar-refractivity contribution >= 4 is 76.1 Å². The Kier molecular flexibility index (Phi) is 4.57. The third kappa shape index (κ3) is 3.00. The number of thiophene rings is 1. The van der Waals surface area contributed by atoms with Gasteiger partial charge in [0.25, 0.3) is 0 Å². The Balaban J connectivity index is 1.30. The quantitative estimate of drug-likeness (QED) is 0.201. The molecule has 0 bridgehead atoms. The van der Waals surface area contributed by atoms with Crippen molar-refractivity contribution in [1.82, 2.24) is 9.13 Å². The topological polar surface area (TPSA) is 9.86 Å². The van der Waals surface area contributed by atoms with E-state index in [1.165, 1.54) is 85.3 Å². The van der Waals surface area contributed by atoms with E-state index < -0.39 is 0 Å². The second-order valence-electron chi connectivity index (χ2n) is 11.0. The van der Waals surface area contributed by atoms with Crippen LogP contribution < -0.4 is 0 Å². The van der Waals surface area contributed by atoms with E-state index in [0.717, 1.165) is 0 Å². The Morgan fingerprint density at radius 2 is 1.21 bits per heavy atom. The number of aromatic nitrogens is 2. The highest BCUT2D eigenvalue weighted by molar-refractivity contribution is 7.99. The van der Waals surface area contributed by atoms with Crippen LogP contribution >= 0.6 is 23.1 Å². The molecular formula is C38H22N2S2. The van der Waals surface area contributed by atoms with Gasteiger partial charge in [0, 0.05) is 51.8 Å². The zero-order chi connectivity index (χ0) is 27.4.